The molecule has 0 aromatic rings. The molecule has 5 heteroatoms. The number of hydrogen-bond acceptors (Lipinski definition) is 3. The lowest BCUT2D eigenvalue weighted by molar-refractivity contribution is -0.188. The van der Waals surface area contributed by atoms with Crippen LogP contribution in [0.25, 0.3) is 0 Å². The number of nitrogens with zero attached hydrogens (tertiary/aromatic N) is 1. The molecule has 5 nitrogen and oxygen atoms in total. The number of guanidine groups is 1. The first-order valence-electron chi connectivity index (χ1n) is 10.2. The zero-order valence-corrected chi connectivity index (χ0v) is 16.5. The smallest absolute Gasteiger partial charge is 0.191 e. The minimum absolute atomic E-state index is 0.162. The predicted molar refractivity (Wildman–Crippen MR) is 99.7 cm³/mol. The van der Waals surface area contributed by atoms with Gasteiger partial charge in [0.05, 0.1) is 12.2 Å². The van der Waals surface area contributed by atoms with E-state index in [-0.39, 0.29) is 10.8 Å². The van der Waals surface area contributed by atoms with Crippen LogP contribution in [0.3, 0.4) is 0 Å². The largest absolute Gasteiger partial charge is 0.377 e. The van der Waals surface area contributed by atoms with Crippen LogP contribution in [-0.2, 0) is 9.47 Å². The van der Waals surface area contributed by atoms with Gasteiger partial charge in [-0.25, -0.2) is 0 Å². The van der Waals surface area contributed by atoms with Crippen LogP contribution >= 0.6 is 0 Å². The molecule has 0 aromatic heterocycles. The molecule has 25 heavy (non-hydrogen) atoms. The summed E-state index contributed by atoms with van der Waals surface area (Å²) in [6.07, 6.45) is 4.41. The first-order valence-corrected chi connectivity index (χ1v) is 10.2. The fraction of sp³-hybridized carbons (Fsp3) is 0.950. The van der Waals surface area contributed by atoms with Crippen molar-refractivity contribution in [1.82, 2.24) is 10.6 Å². The van der Waals surface area contributed by atoms with E-state index in [1.807, 2.05) is 0 Å². The van der Waals surface area contributed by atoms with Crippen molar-refractivity contribution in [2.75, 3.05) is 19.8 Å². The molecule has 2 saturated heterocycles. The Labute approximate surface area is 152 Å². The maximum absolute atomic E-state index is 6.05. The Morgan fingerprint density at radius 1 is 0.920 bits per heavy atom. The quantitative estimate of drug-likeness (QED) is 0.607. The van der Waals surface area contributed by atoms with Gasteiger partial charge in [0.25, 0.3) is 0 Å². The van der Waals surface area contributed by atoms with Crippen molar-refractivity contribution >= 4 is 5.96 Å². The summed E-state index contributed by atoms with van der Waals surface area (Å²) in [5.41, 5.74) is 0.332. The van der Waals surface area contributed by atoms with E-state index in [1.165, 1.54) is 19.3 Å². The van der Waals surface area contributed by atoms with Crippen molar-refractivity contribution in [1.29, 1.82) is 0 Å². The standard InChI is InChI=1S/C20H35N3O2/c1-6-21-18(23-15-13-9-11-25-17(13)20(15,4)5)22-14-12-8-7-10-24-16(12)19(14,2)3/h12-17H,6-11H2,1-5H3,(H2,21,22,23). The van der Waals surface area contributed by atoms with Gasteiger partial charge >= 0.3 is 0 Å². The van der Waals surface area contributed by atoms with E-state index < -0.39 is 0 Å². The average molecular weight is 350 g/mol. The molecule has 0 amide bonds. The molecule has 2 heterocycles. The summed E-state index contributed by atoms with van der Waals surface area (Å²) < 4.78 is 12.0. The SMILES string of the molecule is CCN=C(NC1C2CCCOC2C1(C)C)NC1C2CCOC2C1(C)C. The topological polar surface area (TPSA) is 54.9 Å². The first-order chi connectivity index (χ1) is 11.9. The van der Waals surface area contributed by atoms with Gasteiger partial charge in [-0.2, -0.15) is 0 Å². The Morgan fingerprint density at radius 2 is 1.48 bits per heavy atom. The Kier molecular flexibility index (Phi) is 4.31. The summed E-state index contributed by atoms with van der Waals surface area (Å²) in [5, 5.41) is 7.55. The van der Waals surface area contributed by atoms with Crippen LogP contribution in [0, 0.1) is 22.7 Å². The van der Waals surface area contributed by atoms with Crippen LogP contribution in [0.2, 0.25) is 0 Å². The van der Waals surface area contributed by atoms with Crippen molar-refractivity contribution in [2.24, 2.45) is 27.7 Å². The molecule has 4 rings (SSSR count). The van der Waals surface area contributed by atoms with E-state index >= 15 is 0 Å². The molecule has 6 unspecified atom stereocenters. The summed E-state index contributed by atoms with van der Waals surface area (Å²) in [7, 11) is 0. The van der Waals surface area contributed by atoms with Crippen molar-refractivity contribution in [3.05, 3.63) is 0 Å². The highest BCUT2D eigenvalue weighted by molar-refractivity contribution is 5.81. The summed E-state index contributed by atoms with van der Waals surface area (Å²) in [6.45, 7) is 14.0. The highest BCUT2D eigenvalue weighted by Crippen LogP contribution is 2.53. The van der Waals surface area contributed by atoms with Crippen molar-refractivity contribution in [2.45, 2.75) is 78.2 Å². The molecule has 0 radical (unpaired) electrons. The third-order valence-corrected chi connectivity index (χ3v) is 7.33. The number of ether oxygens (including phenoxy) is 2. The van der Waals surface area contributed by atoms with Gasteiger partial charge in [0, 0.05) is 54.5 Å². The van der Waals surface area contributed by atoms with Crippen LogP contribution in [0.1, 0.15) is 53.9 Å². The number of aliphatic imine (C=N–C) groups is 1. The predicted octanol–water partition coefficient (Wildman–Crippen LogP) is 2.56. The Hall–Kier alpha value is -0.810. The molecule has 4 fully saturated rings. The summed E-state index contributed by atoms with van der Waals surface area (Å²) in [5.74, 6) is 2.22. The molecule has 2 aliphatic carbocycles. The Morgan fingerprint density at radius 3 is 2.08 bits per heavy atom. The van der Waals surface area contributed by atoms with E-state index in [2.05, 4.69) is 45.3 Å². The number of fused-ring (bicyclic) bond motifs is 2. The van der Waals surface area contributed by atoms with Gasteiger partial charge in [-0.3, -0.25) is 4.99 Å². The highest BCUT2D eigenvalue weighted by atomic mass is 16.5. The zero-order chi connectivity index (χ0) is 17.8. The fourth-order valence-corrected chi connectivity index (χ4v) is 6.02. The first kappa shape index (κ1) is 17.6. The molecule has 2 saturated carbocycles. The van der Waals surface area contributed by atoms with Crippen LogP contribution < -0.4 is 10.6 Å². The van der Waals surface area contributed by atoms with E-state index in [4.69, 9.17) is 14.5 Å². The number of rotatable bonds is 3. The lowest BCUT2D eigenvalue weighted by Gasteiger charge is -2.60. The second kappa shape index (κ2) is 6.12. The molecule has 0 bridgehead atoms. The maximum atomic E-state index is 6.05. The van der Waals surface area contributed by atoms with Gasteiger partial charge < -0.3 is 20.1 Å². The van der Waals surface area contributed by atoms with Crippen molar-refractivity contribution in [3.63, 3.8) is 0 Å². The van der Waals surface area contributed by atoms with Crippen LogP contribution in [0.15, 0.2) is 4.99 Å². The third-order valence-electron chi connectivity index (χ3n) is 7.33. The molecule has 6 atom stereocenters. The van der Waals surface area contributed by atoms with Gasteiger partial charge in [-0.1, -0.05) is 27.7 Å². The molecular formula is C20H35N3O2. The van der Waals surface area contributed by atoms with Crippen LogP contribution in [0.5, 0.6) is 0 Å². The molecule has 2 N–H and O–H groups in total. The van der Waals surface area contributed by atoms with E-state index in [9.17, 15) is 0 Å². The molecule has 142 valence electrons. The minimum Gasteiger partial charge on any atom is -0.377 e. The fourth-order valence-electron chi connectivity index (χ4n) is 6.02. The molecule has 0 aromatic carbocycles. The minimum atomic E-state index is 0.162. The zero-order valence-electron chi connectivity index (χ0n) is 16.5. The summed E-state index contributed by atoms with van der Waals surface area (Å²) in [4.78, 5) is 4.76. The third kappa shape index (κ3) is 2.61. The van der Waals surface area contributed by atoms with E-state index in [0.29, 0.717) is 36.1 Å². The summed E-state index contributed by atoms with van der Waals surface area (Å²) >= 11 is 0. The lowest BCUT2D eigenvalue weighted by Crippen LogP contribution is -2.73. The summed E-state index contributed by atoms with van der Waals surface area (Å²) in [6, 6.07) is 0.883. The van der Waals surface area contributed by atoms with Crippen LogP contribution in [-0.4, -0.2) is 50.0 Å². The highest BCUT2D eigenvalue weighted by Gasteiger charge is 2.61. The average Bonchev–Trinajstić information content (AvgIpc) is 3.04. The molecule has 4 aliphatic rings. The van der Waals surface area contributed by atoms with Crippen LogP contribution in [0.4, 0.5) is 0 Å². The number of nitrogens with one attached hydrogen (secondary N) is 2. The second-order valence-corrected chi connectivity index (χ2v) is 9.55. The number of hydrogen-bond donors (Lipinski definition) is 2. The van der Waals surface area contributed by atoms with Gasteiger partial charge in [-0.15, -0.1) is 0 Å². The van der Waals surface area contributed by atoms with Gasteiger partial charge in [0.15, 0.2) is 5.96 Å². The monoisotopic (exact) mass is 349 g/mol. The van der Waals surface area contributed by atoms with Gasteiger partial charge in [0.1, 0.15) is 0 Å². The molecular weight excluding hydrogens is 314 g/mol. The van der Waals surface area contributed by atoms with Crippen molar-refractivity contribution < 1.29 is 9.47 Å². The van der Waals surface area contributed by atoms with E-state index in [0.717, 1.165) is 25.7 Å². The normalized spacial score (nSPS) is 44.1. The Balaban J connectivity index is 1.45. The van der Waals surface area contributed by atoms with E-state index in [1.54, 1.807) is 0 Å². The maximum Gasteiger partial charge on any atom is 0.191 e. The van der Waals surface area contributed by atoms with Crippen molar-refractivity contribution in [3.8, 4) is 0 Å². The molecule has 2 aliphatic heterocycles. The lowest BCUT2D eigenvalue weighted by atomic mass is 9.55. The second-order valence-electron chi connectivity index (χ2n) is 9.55. The molecule has 0 spiro atoms. The Bertz CT molecular complexity index is 545. The van der Waals surface area contributed by atoms with Gasteiger partial charge in [0.2, 0.25) is 0 Å². The van der Waals surface area contributed by atoms with Gasteiger partial charge in [-0.05, 0) is 26.2 Å².